The molecular weight excluding hydrogens is 334 g/mol. The summed E-state index contributed by atoms with van der Waals surface area (Å²) in [5.41, 5.74) is 0.249. The van der Waals surface area contributed by atoms with Gasteiger partial charge in [-0.2, -0.15) is 0 Å². The van der Waals surface area contributed by atoms with Gasteiger partial charge in [0.1, 0.15) is 5.76 Å². The number of hydrogen-bond donors (Lipinski definition) is 1. The molecule has 0 amide bonds. The summed E-state index contributed by atoms with van der Waals surface area (Å²) in [5.74, 6) is 0.729. The number of aromatic nitrogens is 1. The SMILES string of the molecule is CC(C)c1cc(CN2C[C@H]3CN(C4CCOCC4)C[C@@]3(C(=O)O)C2)no1. The number of likely N-dealkylation sites (tertiary alicyclic amines) is 2. The maximum atomic E-state index is 12.2. The van der Waals surface area contributed by atoms with Crippen molar-refractivity contribution in [3.05, 3.63) is 17.5 Å². The topological polar surface area (TPSA) is 79.0 Å². The highest BCUT2D eigenvalue weighted by molar-refractivity contribution is 5.77. The van der Waals surface area contributed by atoms with Crippen molar-refractivity contribution in [3.63, 3.8) is 0 Å². The van der Waals surface area contributed by atoms with E-state index in [4.69, 9.17) is 9.26 Å². The number of carboxylic acids is 1. The Morgan fingerprint density at radius 2 is 2.12 bits per heavy atom. The van der Waals surface area contributed by atoms with E-state index in [0.717, 1.165) is 50.6 Å². The maximum Gasteiger partial charge on any atom is 0.312 e. The van der Waals surface area contributed by atoms with E-state index in [-0.39, 0.29) is 5.92 Å². The zero-order chi connectivity index (χ0) is 18.3. The Kier molecular flexibility index (Phi) is 4.79. The summed E-state index contributed by atoms with van der Waals surface area (Å²) in [6.45, 7) is 9.35. The van der Waals surface area contributed by atoms with Gasteiger partial charge in [-0.05, 0) is 12.8 Å². The van der Waals surface area contributed by atoms with Gasteiger partial charge in [-0.3, -0.25) is 14.6 Å². The van der Waals surface area contributed by atoms with Crippen molar-refractivity contribution in [2.75, 3.05) is 39.4 Å². The van der Waals surface area contributed by atoms with Crippen LogP contribution in [0.25, 0.3) is 0 Å². The zero-order valence-corrected chi connectivity index (χ0v) is 15.7. The number of rotatable bonds is 5. The summed E-state index contributed by atoms with van der Waals surface area (Å²) in [5, 5.41) is 14.2. The average molecular weight is 363 g/mol. The Bertz CT molecular complexity index is 655. The molecule has 7 heteroatoms. The molecule has 3 aliphatic heterocycles. The molecule has 7 nitrogen and oxygen atoms in total. The van der Waals surface area contributed by atoms with Gasteiger partial charge in [0, 0.05) is 69.9 Å². The first-order valence-electron chi connectivity index (χ1n) is 9.71. The lowest BCUT2D eigenvalue weighted by Crippen LogP contribution is -2.44. The lowest BCUT2D eigenvalue weighted by Gasteiger charge is -2.33. The largest absolute Gasteiger partial charge is 0.481 e. The van der Waals surface area contributed by atoms with Gasteiger partial charge >= 0.3 is 5.97 Å². The molecule has 0 aromatic carbocycles. The first-order chi connectivity index (χ1) is 12.5. The zero-order valence-electron chi connectivity index (χ0n) is 15.7. The second-order valence-corrected chi connectivity index (χ2v) is 8.48. The minimum absolute atomic E-state index is 0.180. The summed E-state index contributed by atoms with van der Waals surface area (Å²) in [6.07, 6.45) is 2.03. The summed E-state index contributed by atoms with van der Waals surface area (Å²) in [7, 11) is 0. The molecule has 4 rings (SSSR count). The highest BCUT2D eigenvalue weighted by Gasteiger charge is 2.58. The molecule has 0 bridgehead atoms. The quantitative estimate of drug-likeness (QED) is 0.854. The van der Waals surface area contributed by atoms with E-state index in [0.29, 0.717) is 31.6 Å². The molecule has 3 saturated heterocycles. The maximum absolute atomic E-state index is 12.2. The third-order valence-corrected chi connectivity index (χ3v) is 6.37. The fraction of sp³-hybridized carbons (Fsp3) is 0.789. The second kappa shape index (κ2) is 6.94. The molecule has 144 valence electrons. The minimum Gasteiger partial charge on any atom is -0.481 e. The smallest absolute Gasteiger partial charge is 0.312 e. The van der Waals surface area contributed by atoms with Gasteiger partial charge in [0.05, 0.1) is 11.1 Å². The lowest BCUT2D eigenvalue weighted by atomic mass is 9.81. The molecule has 0 aliphatic carbocycles. The van der Waals surface area contributed by atoms with Crippen LogP contribution in [0.4, 0.5) is 0 Å². The second-order valence-electron chi connectivity index (χ2n) is 8.48. The van der Waals surface area contributed by atoms with Crippen LogP contribution in [0.2, 0.25) is 0 Å². The Morgan fingerprint density at radius 1 is 1.35 bits per heavy atom. The monoisotopic (exact) mass is 363 g/mol. The summed E-state index contributed by atoms with van der Waals surface area (Å²) in [4.78, 5) is 16.9. The van der Waals surface area contributed by atoms with E-state index >= 15 is 0 Å². The van der Waals surface area contributed by atoms with Crippen LogP contribution in [0.3, 0.4) is 0 Å². The van der Waals surface area contributed by atoms with E-state index in [1.807, 2.05) is 6.07 Å². The van der Waals surface area contributed by atoms with Crippen molar-refractivity contribution in [2.45, 2.75) is 45.2 Å². The molecule has 0 saturated carbocycles. The van der Waals surface area contributed by atoms with Crippen LogP contribution in [0.5, 0.6) is 0 Å². The molecule has 1 aromatic heterocycles. The van der Waals surface area contributed by atoms with E-state index in [2.05, 4.69) is 28.8 Å². The van der Waals surface area contributed by atoms with Crippen LogP contribution >= 0.6 is 0 Å². The molecule has 3 aliphatic rings. The van der Waals surface area contributed by atoms with E-state index in [1.54, 1.807) is 0 Å². The minimum atomic E-state index is -0.650. The molecule has 1 aromatic rings. The average Bonchev–Trinajstić information content (AvgIpc) is 3.29. The van der Waals surface area contributed by atoms with Crippen molar-refractivity contribution >= 4 is 5.97 Å². The standard InChI is InChI=1S/C19H29N3O4/c1-13(2)17-7-15(20-26-17)10-21-8-14-9-22(16-3-5-25-6-4-16)12-19(14,11-21)18(23)24/h7,13-14,16H,3-6,8-12H2,1-2H3,(H,23,24)/t14-,19-/m0/s1. The molecule has 4 heterocycles. The van der Waals surface area contributed by atoms with E-state index in [9.17, 15) is 9.90 Å². The highest BCUT2D eigenvalue weighted by Crippen LogP contribution is 2.44. The van der Waals surface area contributed by atoms with Crippen LogP contribution in [0.15, 0.2) is 10.6 Å². The Morgan fingerprint density at radius 3 is 2.73 bits per heavy atom. The summed E-state index contributed by atoms with van der Waals surface area (Å²) in [6, 6.07) is 2.48. The van der Waals surface area contributed by atoms with Crippen molar-refractivity contribution in [2.24, 2.45) is 11.3 Å². The van der Waals surface area contributed by atoms with Gasteiger partial charge in [-0.1, -0.05) is 19.0 Å². The Balaban J connectivity index is 1.43. The fourth-order valence-corrected chi connectivity index (χ4v) is 4.86. The molecule has 3 fully saturated rings. The molecule has 26 heavy (non-hydrogen) atoms. The summed E-state index contributed by atoms with van der Waals surface area (Å²) >= 11 is 0. The Labute approximate surface area is 154 Å². The molecule has 0 unspecified atom stereocenters. The number of carboxylic acid groups (broad SMARTS) is 1. The van der Waals surface area contributed by atoms with Crippen molar-refractivity contribution in [3.8, 4) is 0 Å². The first kappa shape index (κ1) is 17.9. The fourth-order valence-electron chi connectivity index (χ4n) is 4.86. The van der Waals surface area contributed by atoms with Crippen LogP contribution < -0.4 is 0 Å². The van der Waals surface area contributed by atoms with Gasteiger partial charge in [-0.15, -0.1) is 0 Å². The third kappa shape index (κ3) is 3.17. The van der Waals surface area contributed by atoms with Crippen LogP contribution in [-0.4, -0.2) is 71.5 Å². The number of carbonyl (C=O) groups is 1. The molecule has 2 atom stereocenters. The number of nitrogens with zero attached hydrogens (tertiary/aromatic N) is 3. The predicted octanol–water partition coefficient (Wildman–Crippen LogP) is 1.80. The normalized spacial score (nSPS) is 31.0. The van der Waals surface area contributed by atoms with Gasteiger partial charge in [0.15, 0.2) is 0 Å². The van der Waals surface area contributed by atoms with Crippen molar-refractivity contribution < 1.29 is 19.2 Å². The van der Waals surface area contributed by atoms with Gasteiger partial charge in [0.25, 0.3) is 0 Å². The number of aliphatic carboxylic acids is 1. The summed E-state index contributed by atoms with van der Waals surface area (Å²) < 4.78 is 10.8. The number of hydrogen-bond acceptors (Lipinski definition) is 6. The van der Waals surface area contributed by atoms with Crippen molar-refractivity contribution in [1.29, 1.82) is 0 Å². The lowest BCUT2D eigenvalue weighted by molar-refractivity contribution is -0.149. The predicted molar refractivity (Wildman–Crippen MR) is 94.8 cm³/mol. The van der Waals surface area contributed by atoms with Crippen molar-refractivity contribution in [1.82, 2.24) is 15.0 Å². The van der Waals surface area contributed by atoms with Crippen LogP contribution in [0, 0.1) is 11.3 Å². The first-order valence-corrected chi connectivity index (χ1v) is 9.71. The van der Waals surface area contributed by atoms with Gasteiger partial charge in [0.2, 0.25) is 0 Å². The van der Waals surface area contributed by atoms with E-state index in [1.165, 1.54) is 0 Å². The number of ether oxygens (including phenoxy) is 1. The third-order valence-electron chi connectivity index (χ3n) is 6.37. The van der Waals surface area contributed by atoms with Gasteiger partial charge < -0.3 is 14.4 Å². The number of fused-ring (bicyclic) bond motifs is 1. The van der Waals surface area contributed by atoms with Crippen LogP contribution in [0.1, 0.15) is 44.1 Å². The molecule has 1 N–H and O–H groups in total. The molecular formula is C19H29N3O4. The molecule has 0 spiro atoms. The van der Waals surface area contributed by atoms with Crippen LogP contribution in [-0.2, 0) is 16.1 Å². The Hall–Kier alpha value is -1.44. The molecule has 0 radical (unpaired) electrons. The highest BCUT2D eigenvalue weighted by atomic mass is 16.5. The van der Waals surface area contributed by atoms with Gasteiger partial charge in [-0.25, -0.2) is 0 Å². The van der Waals surface area contributed by atoms with E-state index < -0.39 is 11.4 Å².